The Hall–Kier alpha value is -2.74. The van der Waals surface area contributed by atoms with Crippen molar-refractivity contribution in [1.82, 2.24) is 14.8 Å². The van der Waals surface area contributed by atoms with Crippen LogP contribution >= 0.6 is 0 Å². The molecule has 24 heavy (non-hydrogen) atoms. The second kappa shape index (κ2) is 6.40. The van der Waals surface area contributed by atoms with Crippen LogP contribution in [0.1, 0.15) is 11.1 Å². The monoisotopic (exact) mass is 346 g/mol. The van der Waals surface area contributed by atoms with Gasteiger partial charge in [-0.15, -0.1) is 0 Å². The molecule has 8 heteroatoms. The number of anilines is 1. The highest BCUT2D eigenvalue weighted by Crippen LogP contribution is 2.20. The van der Waals surface area contributed by atoms with Crippen molar-refractivity contribution in [2.45, 2.75) is 18.4 Å². The van der Waals surface area contributed by atoms with Gasteiger partial charge in [0.15, 0.2) is 0 Å². The molecule has 0 saturated heterocycles. The molecule has 0 spiro atoms. The summed E-state index contributed by atoms with van der Waals surface area (Å²) in [5.74, 6) is -0.782. The molecule has 3 aromatic rings. The molecule has 0 saturated carbocycles. The maximum absolute atomic E-state index is 13.8. The van der Waals surface area contributed by atoms with E-state index in [9.17, 15) is 12.8 Å². The largest absolute Gasteiger partial charge is 0.280 e. The van der Waals surface area contributed by atoms with Gasteiger partial charge >= 0.3 is 0 Å². The predicted molar refractivity (Wildman–Crippen MR) is 87.5 cm³/mol. The van der Waals surface area contributed by atoms with Gasteiger partial charge in [-0.25, -0.2) is 22.5 Å². The average Bonchev–Trinajstić information content (AvgIpc) is 3.04. The summed E-state index contributed by atoms with van der Waals surface area (Å²) in [6, 6.07) is 10.8. The molecule has 0 aliphatic rings. The number of hydrogen-bond acceptors (Lipinski definition) is 4. The highest BCUT2D eigenvalue weighted by molar-refractivity contribution is 7.92. The minimum atomic E-state index is -3.98. The number of aromatic nitrogens is 3. The van der Waals surface area contributed by atoms with Crippen LogP contribution in [0.2, 0.25) is 0 Å². The van der Waals surface area contributed by atoms with Gasteiger partial charge in [0.2, 0.25) is 0 Å². The van der Waals surface area contributed by atoms with Gasteiger partial charge in [0.05, 0.1) is 6.54 Å². The van der Waals surface area contributed by atoms with Gasteiger partial charge in [-0.2, -0.15) is 5.10 Å². The number of sulfonamides is 1. The summed E-state index contributed by atoms with van der Waals surface area (Å²) in [6.45, 7) is 2.23. The number of rotatable bonds is 5. The second-order valence-electron chi connectivity index (χ2n) is 5.33. The maximum atomic E-state index is 13.8. The van der Waals surface area contributed by atoms with E-state index in [1.165, 1.54) is 18.5 Å². The van der Waals surface area contributed by atoms with Gasteiger partial charge in [0.25, 0.3) is 10.0 Å². The normalized spacial score (nSPS) is 11.4. The number of nitrogens with zero attached hydrogens (tertiary/aromatic N) is 3. The summed E-state index contributed by atoms with van der Waals surface area (Å²) < 4.78 is 42.5. The number of benzene rings is 2. The fourth-order valence-corrected chi connectivity index (χ4v) is 3.43. The summed E-state index contributed by atoms with van der Waals surface area (Å²) in [4.78, 5) is 3.49. The van der Waals surface area contributed by atoms with E-state index in [1.54, 1.807) is 42.2 Å². The first-order chi connectivity index (χ1) is 11.4. The zero-order chi connectivity index (χ0) is 17.2. The number of hydrogen-bond donors (Lipinski definition) is 1. The van der Waals surface area contributed by atoms with E-state index < -0.39 is 15.8 Å². The first-order valence-electron chi connectivity index (χ1n) is 7.14. The van der Waals surface area contributed by atoms with Gasteiger partial charge in [-0.3, -0.25) is 4.72 Å². The smallest absolute Gasteiger partial charge is 0.264 e. The topological polar surface area (TPSA) is 76.9 Å². The highest BCUT2D eigenvalue weighted by Gasteiger charge is 2.19. The number of aryl methyl sites for hydroxylation is 1. The SMILES string of the molecule is Cc1ccc(F)c(S(=O)(=O)Nc2ccc(Cn3cncn3)cc2)c1. The van der Waals surface area contributed by atoms with Gasteiger partial charge in [0.1, 0.15) is 23.4 Å². The van der Waals surface area contributed by atoms with Crippen molar-refractivity contribution < 1.29 is 12.8 Å². The Labute approximate surface area is 139 Å². The Morgan fingerprint density at radius 3 is 2.58 bits per heavy atom. The van der Waals surface area contributed by atoms with E-state index in [-0.39, 0.29) is 4.90 Å². The minimum absolute atomic E-state index is 0.359. The molecule has 0 atom stereocenters. The molecule has 0 fully saturated rings. The molecular formula is C16H15FN4O2S. The zero-order valence-electron chi connectivity index (χ0n) is 12.8. The van der Waals surface area contributed by atoms with Crippen LogP contribution < -0.4 is 4.72 Å². The third kappa shape index (κ3) is 3.60. The molecule has 6 nitrogen and oxygen atoms in total. The quantitative estimate of drug-likeness (QED) is 0.770. The van der Waals surface area contributed by atoms with Crippen LogP contribution in [0.15, 0.2) is 60.0 Å². The average molecular weight is 346 g/mol. The van der Waals surface area contributed by atoms with Crippen molar-refractivity contribution in [3.8, 4) is 0 Å². The van der Waals surface area contributed by atoms with Crippen molar-refractivity contribution in [2.24, 2.45) is 0 Å². The fraction of sp³-hybridized carbons (Fsp3) is 0.125. The Bertz CT molecular complexity index is 939. The first kappa shape index (κ1) is 16.1. The molecule has 124 valence electrons. The van der Waals surface area contributed by atoms with Crippen molar-refractivity contribution in [1.29, 1.82) is 0 Å². The second-order valence-corrected chi connectivity index (χ2v) is 6.98. The minimum Gasteiger partial charge on any atom is -0.280 e. The summed E-state index contributed by atoms with van der Waals surface area (Å²) in [5, 5.41) is 4.00. The molecule has 0 radical (unpaired) electrons. The fourth-order valence-electron chi connectivity index (χ4n) is 2.21. The Balaban J connectivity index is 1.79. The molecule has 1 heterocycles. The lowest BCUT2D eigenvalue weighted by molar-refractivity contribution is 0.570. The van der Waals surface area contributed by atoms with E-state index in [2.05, 4.69) is 14.8 Å². The molecular weight excluding hydrogens is 331 g/mol. The molecule has 1 N–H and O–H groups in total. The van der Waals surface area contributed by atoms with Gasteiger partial charge in [0, 0.05) is 5.69 Å². The van der Waals surface area contributed by atoms with Crippen LogP contribution in [0.4, 0.5) is 10.1 Å². The van der Waals surface area contributed by atoms with Crippen molar-refractivity contribution in [3.05, 3.63) is 72.1 Å². The van der Waals surface area contributed by atoms with Crippen LogP contribution in [0, 0.1) is 12.7 Å². The lowest BCUT2D eigenvalue weighted by atomic mass is 10.2. The standard InChI is InChI=1S/C16H15FN4O2S/c1-12-2-7-15(17)16(8-12)24(22,23)20-14-5-3-13(4-6-14)9-21-11-18-10-19-21/h2-8,10-11,20H,9H2,1H3. The van der Waals surface area contributed by atoms with E-state index in [1.807, 2.05) is 0 Å². The number of nitrogens with one attached hydrogen (secondary N) is 1. The Kier molecular flexibility index (Phi) is 4.30. The van der Waals surface area contributed by atoms with Crippen LogP contribution in [-0.2, 0) is 16.6 Å². The molecule has 1 aromatic heterocycles. The number of halogens is 1. The lowest BCUT2D eigenvalue weighted by Crippen LogP contribution is -2.15. The van der Waals surface area contributed by atoms with Crippen LogP contribution in [0.25, 0.3) is 0 Å². The first-order valence-corrected chi connectivity index (χ1v) is 8.63. The molecule has 3 rings (SSSR count). The predicted octanol–water partition coefficient (Wildman–Crippen LogP) is 2.57. The van der Waals surface area contributed by atoms with E-state index >= 15 is 0 Å². The molecule has 0 bridgehead atoms. The summed E-state index contributed by atoms with van der Waals surface area (Å²) in [7, 11) is -3.98. The summed E-state index contributed by atoms with van der Waals surface area (Å²) in [6.07, 6.45) is 3.04. The third-order valence-corrected chi connectivity index (χ3v) is 4.79. The third-order valence-electron chi connectivity index (χ3n) is 3.39. The molecule has 2 aromatic carbocycles. The Morgan fingerprint density at radius 1 is 1.17 bits per heavy atom. The summed E-state index contributed by atoms with van der Waals surface area (Å²) in [5.41, 5.74) is 1.96. The molecule has 0 aliphatic heterocycles. The van der Waals surface area contributed by atoms with Crippen molar-refractivity contribution >= 4 is 15.7 Å². The Morgan fingerprint density at radius 2 is 1.92 bits per heavy atom. The van der Waals surface area contributed by atoms with Crippen LogP contribution in [-0.4, -0.2) is 23.2 Å². The van der Waals surface area contributed by atoms with Gasteiger partial charge < -0.3 is 0 Å². The summed E-state index contributed by atoms with van der Waals surface area (Å²) >= 11 is 0. The molecule has 0 unspecified atom stereocenters. The van der Waals surface area contributed by atoms with Gasteiger partial charge in [-0.1, -0.05) is 18.2 Å². The molecule has 0 aliphatic carbocycles. The van der Waals surface area contributed by atoms with E-state index in [4.69, 9.17) is 0 Å². The van der Waals surface area contributed by atoms with Crippen LogP contribution in [0.5, 0.6) is 0 Å². The van der Waals surface area contributed by atoms with E-state index in [0.29, 0.717) is 17.8 Å². The lowest BCUT2D eigenvalue weighted by Gasteiger charge is -2.10. The van der Waals surface area contributed by atoms with E-state index in [0.717, 1.165) is 11.6 Å². The van der Waals surface area contributed by atoms with Gasteiger partial charge in [-0.05, 0) is 42.3 Å². The van der Waals surface area contributed by atoms with Crippen molar-refractivity contribution in [3.63, 3.8) is 0 Å². The maximum Gasteiger partial charge on any atom is 0.264 e. The van der Waals surface area contributed by atoms with Crippen molar-refractivity contribution in [2.75, 3.05) is 4.72 Å². The zero-order valence-corrected chi connectivity index (χ0v) is 13.7. The van der Waals surface area contributed by atoms with Crippen LogP contribution in [0.3, 0.4) is 0 Å². The highest BCUT2D eigenvalue weighted by atomic mass is 32.2. The molecule has 0 amide bonds.